The highest BCUT2D eigenvalue weighted by Crippen LogP contribution is 2.20. The van der Waals surface area contributed by atoms with E-state index in [4.69, 9.17) is 0 Å². The van der Waals surface area contributed by atoms with Gasteiger partial charge in [-0.15, -0.1) is 0 Å². The Morgan fingerprint density at radius 3 is 2.47 bits per heavy atom. The molecule has 19 heavy (non-hydrogen) atoms. The van der Waals surface area contributed by atoms with Gasteiger partial charge in [0.1, 0.15) is 5.69 Å². The van der Waals surface area contributed by atoms with Crippen molar-refractivity contribution in [2.24, 2.45) is 0 Å². The van der Waals surface area contributed by atoms with Crippen LogP contribution in [-0.2, 0) is 0 Å². The van der Waals surface area contributed by atoms with E-state index in [1.165, 1.54) is 4.68 Å². The number of pyridine rings is 1. The molecule has 6 heteroatoms. The van der Waals surface area contributed by atoms with Gasteiger partial charge in [0, 0.05) is 36.5 Å². The summed E-state index contributed by atoms with van der Waals surface area (Å²) in [6.07, 6.45) is 8.93. The summed E-state index contributed by atoms with van der Waals surface area (Å²) in [7, 11) is 0. The Hall–Kier alpha value is -2.89. The summed E-state index contributed by atoms with van der Waals surface area (Å²) in [5.41, 5.74) is 1.90. The van der Waals surface area contributed by atoms with Gasteiger partial charge in [0.25, 0.3) is 0 Å². The number of rotatable bonds is 3. The molecule has 0 atom stereocenters. The predicted octanol–water partition coefficient (Wildman–Crippen LogP) is 1.54. The standard InChI is InChI=1S/C13H9N5O/c19-9-11-8-18(13-15-4-1-5-16-13)17-12(11)10-2-6-14-7-3-10/h1-9H. The first-order valence-electron chi connectivity index (χ1n) is 5.61. The molecule has 0 aromatic carbocycles. The monoisotopic (exact) mass is 251 g/mol. The number of hydrogen-bond donors (Lipinski definition) is 0. The van der Waals surface area contributed by atoms with E-state index in [0.29, 0.717) is 17.2 Å². The quantitative estimate of drug-likeness (QED) is 0.660. The van der Waals surface area contributed by atoms with E-state index >= 15 is 0 Å². The Labute approximate surface area is 108 Å². The van der Waals surface area contributed by atoms with Crippen molar-refractivity contribution in [1.82, 2.24) is 24.7 Å². The molecular weight excluding hydrogens is 242 g/mol. The molecule has 6 nitrogen and oxygen atoms in total. The van der Waals surface area contributed by atoms with Crippen molar-refractivity contribution in [2.45, 2.75) is 0 Å². The van der Waals surface area contributed by atoms with Crippen molar-refractivity contribution < 1.29 is 4.79 Å². The van der Waals surface area contributed by atoms with Gasteiger partial charge in [0.2, 0.25) is 5.95 Å². The topological polar surface area (TPSA) is 73.6 Å². The van der Waals surface area contributed by atoms with Gasteiger partial charge in [-0.2, -0.15) is 5.10 Å². The smallest absolute Gasteiger partial charge is 0.250 e. The lowest BCUT2D eigenvalue weighted by molar-refractivity contribution is 0.112. The minimum atomic E-state index is 0.422. The molecule has 3 aromatic rings. The van der Waals surface area contributed by atoms with Crippen molar-refractivity contribution in [2.75, 3.05) is 0 Å². The zero-order valence-corrected chi connectivity index (χ0v) is 9.84. The minimum Gasteiger partial charge on any atom is -0.298 e. The first kappa shape index (κ1) is 11.2. The molecule has 0 N–H and O–H groups in total. The molecule has 92 valence electrons. The number of aldehydes is 1. The SMILES string of the molecule is O=Cc1cn(-c2ncccn2)nc1-c1ccncc1. The molecule has 0 aliphatic rings. The van der Waals surface area contributed by atoms with Gasteiger partial charge in [-0.05, 0) is 18.2 Å². The zero-order chi connectivity index (χ0) is 13.1. The average Bonchev–Trinajstić information content (AvgIpc) is 2.93. The van der Waals surface area contributed by atoms with Crippen LogP contribution in [0.4, 0.5) is 0 Å². The minimum absolute atomic E-state index is 0.422. The highest BCUT2D eigenvalue weighted by Gasteiger charge is 2.12. The second-order valence-electron chi connectivity index (χ2n) is 3.78. The van der Waals surface area contributed by atoms with Crippen LogP contribution in [-0.4, -0.2) is 31.0 Å². The molecule has 0 aliphatic heterocycles. The van der Waals surface area contributed by atoms with E-state index in [9.17, 15) is 4.79 Å². The molecule has 0 bridgehead atoms. The third kappa shape index (κ3) is 2.11. The maximum atomic E-state index is 11.1. The number of aromatic nitrogens is 5. The molecule has 0 amide bonds. The van der Waals surface area contributed by atoms with Gasteiger partial charge < -0.3 is 0 Å². The van der Waals surface area contributed by atoms with Crippen LogP contribution in [0.25, 0.3) is 17.2 Å². The van der Waals surface area contributed by atoms with Crippen LogP contribution >= 0.6 is 0 Å². The molecule has 0 saturated carbocycles. The normalized spacial score (nSPS) is 10.3. The molecule has 3 heterocycles. The first-order valence-corrected chi connectivity index (χ1v) is 5.61. The molecule has 0 fully saturated rings. The Morgan fingerprint density at radius 2 is 1.79 bits per heavy atom. The lowest BCUT2D eigenvalue weighted by Crippen LogP contribution is -2.00. The fourth-order valence-corrected chi connectivity index (χ4v) is 1.72. The van der Waals surface area contributed by atoms with E-state index in [1.807, 2.05) is 0 Å². The van der Waals surface area contributed by atoms with Crippen LogP contribution in [0, 0.1) is 0 Å². The number of carbonyl (C=O) groups excluding carboxylic acids is 1. The van der Waals surface area contributed by atoms with Gasteiger partial charge in [-0.1, -0.05) is 0 Å². The maximum absolute atomic E-state index is 11.1. The van der Waals surface area contributed by atoms with E-state index in [1.54, 1.807) is 49.2 Å². The molecular formula is C13H9N5O. The van der Waals surface area contributed by atoms with Crippen LogP contribution in [0.2, 0.25) is 0 Å². The molecule has 0 spiro atoms. The molecule has 0 unspecified atom stereocenters. The number of nitrogens with zero attached hydrogens (tertiary/aromatic N) is 5. The van der Waals surface area contributed by atoms with Crippen molar-refractivity contribution in [3.05, 3.63) is 54.7 Å². The summed E-state index contributed by atoms with van der Waals surface area (Å²) in [6.45, 7) is 0. The Bertz CT molecular complexity index is 694. The molecule has 0 aliphatic carbocycles. The van der Waals surface area contributed by atoms with Crippen molar-refractivity contribution >= 4 is 6.29 Å². The average molecular weight is 251 g/mol. The van der Waals surface area contributed by atoms with Gasteiger partial charge >= 0.3 is 0 Å². The summed E-state index contributed by atoms with van der Waals surface area (Å²) >= 11 is 0. The fourth-order valence-electron chi connectivity index (χ4n) is 1.72. The van der Waals surface area contributed by atoms with Gasteiger partial charge in [-0.3, -0.25) is 9.78 Å². The highest BCUT2D eigenvalue weighted by atomic mass is 16.1. The molecule has 0 radical (unpaired) electrons. The van der Waals surface area contributed by atoms with Crippen LogP contribution in [0.3, 0.4) is 0 Å². The highest BCUT2D eigenvalue weighted by molar-refractivity contribution is 5.85. The van der Waals surface area contributed by atoms with Crippen molar-refractivity contribution in [3.63, 3.8) is 0 Å². The van der Waals surface area contributed by atoms with E-state index in [0.717, 1.165) is 11.8 Å². The lowest BCUT2D eigenvalue weighted by atomic mass is 10.1. The Morgan fingerprint density at radius 1 is 1.05 bits per heavy atom. The van der Waals surface area contributed by atoms with Crippen molar-refractivity contribution in [1.29, 1.82) is 0 Å². The van der Waals surface area contributed by atoms with Gasteiger partial charge in [0.15, 0.2) is 6.29 Å². The summed E-state index contributed by atoms with van der Waals surface area (Å²) in [5, 5.41) is 4.35. The summed E-state index contributed by atoms with van der Waals surface area (Å²) in [6, 6.07) is 5.31. The summed E-state index contributed by atoms with van der Waals surface area (Å²) in [5.74, 6) is 0.422. The second kappa shape index (κ2) is 4.77. The van der Waals surface area contributed by atoms with Gasteiger partial charge in [0.05, 0.1) is 5.56 Å². The largest absolute Gasteiger partial charge is 0.298 e. The summed E-state index contributed by atoms with van der Waals surface area (Å²) < 4.78 is 1.49. The predicted molar refractivity (Wildman–Crippen MR) is 67.8 cm³/mol. The van der Waals surface area contributed by atoms with Crippen LogP contribution in [0.1, 0.15) is 10.4 Å². The third-order valence-electron chi connectivity index (χ3n) is 2.58. The lowest BCUT2D eigenvalue weighted by Gasteiger charge is -1.97. The number of hydrogen-bond acceptors (Lipinski definition) is 5. The van der Waals surface area contributed by atoms with E-state index in [2.05, 4.69) is 20.1 Å². The van der Waals surface area contributed by atoms with Crippen LogP contribution in [0.5, 0.6) is 0 Å². The van der Waals surface area contributed by atoms with E-state index < -0.39 is 0 Å². The fraction of sp³-hybridized carbons (Fsp3) is 0. The summed E-state index contributed by atoms with van der Waals surface area (Å²) in [4.78, 5) is 23.3. The van der Waals surface area contributed by atoms with Crippen LogP contribution in [0.15, 0.2) is 49.2 Å². The second-order valence-corrected chi connectivity index (χ2v) is 3.78. The third-order valence-corrected chi connectivity index (χ3v) is 2.58. The molecule has 0 saturated heterocycles. The zero-order valence-electron chi connectivity index (χ0n) is 9.84. The molecule has 3 rings (SSSR count). The maximum Gasteiger partial charge on any atom is 0.250 e. The van der Waals surface area contributed by atoms with Crippen molar-refractivity contribution in [3.8, 4) is 17.2 Å². The first-order chi connectivity index (χ1) is 9.38. The number of carbonyl (C=O) groups is 1. The molecule has 3 aromatic heterocycles. The van der Waals surface area contributed by atoms with Gasteiger partial charge in [-0.25, -0.2) is 14.6 Å². The Balaban J connectivity index is 2.12. The Kier molecular flexibility index (Phi) is 2.82. The van der Waals surface area contributed by atoms with E-state index in [-0.39, 0.29) is 0 Å². The van der Waals surface area contributed by atoms with Crippen LogP contribution < -0.4 is 0 Å².